The van der Waals surface area contributed by atoms with E-state index in [2.05, 4.69) is 0 Å². The number of benzene rings is 1. The van der Waals surface area contributed by atoms with Gasteiger partial charge < -0.3 is 15.2 Å². The van der Waals surface area contributed by atoms with E-state index in [-0.39, 0.29) is 6.42 Å². The minimum absolute atomic E-state index is 0.272. The second kappa shape index (κ2) is 6.96. The fourth-order valence-corrected chi connectivity index (χ4v) is 1.70. The quantitative estimate of drug-likeness (QED) is 0.839. The number of aliphatic carboxylic acids is 1. The first kappa shape index (κ1) is 16.8. The predicted molar refractivity (Wildman–Crippen MR) is 66.9 cm³/mol. The highest BCUT2D eigenvalue weighted by Crippen LogP contribution is 2.22. The Labute approximate surface area is 118 Å². The molecule has 1 rings (SSSR count). The van der Waals surface area contributed by atoms with Gasteiger partial charge in [0.15, 0.2) is 0 Å². The third-order valence-corrected chi connectivity index (χ3v) is 2.61. The average Bonchev–Trinajstić information content (AvgIpc) is 2.36. The van der Waals surface area contributed by atoms with Crippen molar-refractivity contribution in [3.05, 3.63) is 29.8 Å². The molecular weight excluding hydrogens is 291 g/mol. The predicted octanol–water partition coefficient (Wildman–Crippen LogP) is 1.76. The lowest BCUT2D eigenvalue weighted by atomic mass is 10.1. The van der Waals surface area contributed by atoms with Gasteiger partial charge in [-0.25, -0.2) is 4.79 Å². The van der Waals surface area contributed by atoms with Gasteiger partial charge in [0, 0.05) is 5.56 Å². The molecule has 1 amide bonds. The summed E-state index contributed by atoms with van der Waals surface area (Å²) < 4.78 is 41.7. The maximum absolute atomic E-state index is 12.2. The summed E-state index contributed by atoms with van der Waals surface area (Å²) in [5, 5.41) is 10.6. The van der Waals surface area contributed by atoms with Gasteiger partial charge in [0.2, 0.25) is 5.91 Å². The number of hydrogen-bond acceptors (Lipinski definition) is 3. The Morgan fingerprint density at radius 1 is 1.33 bits per heavy atom. The number of carbonyl (C=O) groups excluding carboxylic acids is 1. The number of amides is 1. The molecule has 1 unspecified atom stereocenters. The number of hydrogen-bond donors (Lipinski definition) is 2. The summed E-state index contributed by atoms with van der Waals surface area (Å²) in [7, 11) is 1.39. The molecule has 0 heterocycles. The molecule has 0 fully saturated rings. The summed E-state index contributed by atoms with van der Waals surface area (Å²) in [5.74, 6) is -2.16. The molecule has 0 aliphatic carbocycles. The number of ether oxygens (including phenoxy) is 1. The van der Waals surface area contributed by atoms with Gasteiger partial charge in [-0.2, -0.15) is 13.2 Å². The first-order chi connectivity index (χ1) is 9.73. The van der Waals surface area contributed by atoms with Crippen molar-refractivity contribution < 1.29 is 32.6 Å². The Bertz CT molecular complexity index is 516. The monoisotopic (exact) mass is 305 g/mol. The molecule has 0 aromatic heterocycles. The van der Waals surface area contributed by atoms with E-state index in [1.165, 1.54) is 7.11 Å². The maximum atomic E-state index is 12.2. The number of alkyl halides is 3. The highest BCUT2D eigenvalue weighted by molar-refractivity contribution is 5.85. The molecular formula is C13H14F3NO4. The Kier molecular flexibility index (Phi) is 5.57. The lowest BCUT2D eigenvalue weighted by Crippen LogP contribution is -2.44. The van der Waals surface area contributed by atoms with E-state index < -0.39 is 30.5 Å². The minimum Gasteiger partial charge on any atom is -0.496 e. The lowest BCUT2D eigenvalue weighted by molar-refractivity contribution is -0.159. The number of carbonyl (C=O) groups is 2. The normalized spacial score (nSPS) is 12.6. The SMILES string of the molecule is COc1ccccc1CC(=O)NC(CC(F)(F)F)C(=O)O. The number of rotatable bonds is 6. The van der Waals surface area contributed by atoms with Crippen LogP contribution >= 0.6 is 0 Å². The van der Waals surface area contributed by atoms with Crippen LogP contribution < -0.4 is 10.1 Å². The second-order valence-corrected chi connectivity index (χ2v) is 4.27. The first-order valence-electron chi connectivity index (χ1n) is 5.93. The largest absolute Gasteiger partial charge is 0.496 e. The van der Waals surface area contributed by atoms with E-state index in [4.69, 9.17) is 9.84 Å². The molecule has 116 valence electrons. The summed E-state index contributed by atoms with van der Waals surface area (Å²) in [5.41, 5.74) is 0.452. The van der Waals surface area contributed by atoms with Crippen LogP contribution in [0.4, 0.5) is 13.2 Å². The molecule has 1 aromatic rings. The first-order valence-corrected chi connectivity index (χ1v) is 5.93. The van der Waals surface area contributed by atoms with Gasteiger partial charge in [-0.3, -0.25) is 4.79 Å². The lowest BCUT2D eigenvalue weighted by Gasteiger charge is -2.16. The Morgan fingerprint density at radius 2 is 1.95 bits per heavy atom. The zero-order chi connectivity index (χ0) is 16.0. The topological polar surface area (TPSA) is 75.6 Å². The Hall–Kier alpha value is -2.25. The van der Waals surface area contributed by atoms with Crippen molar-refractivity contribution >= 4 is 11.9 Å². The molecule has 0 bridgehead atoms. The van der Waals surface area contributed by atoms with Gasteiger partial charge in [0.05, 0.1) is 20.0 Å². The van der Waals surface area contributed by atoms with E-state index in [1.807, 2.05) is 5.32 Å². The van der Waals surface area contributed by atoms with Crippen LogP contribution in [0.3, 0.4) is 0 Å². The number of para-hydroxylation sites is 1. The van der Waals surface area contributed by atoms with E-state index in [0.717, 1.165) is 0 Å². The van der Waals surface area contributed by atoms with E-state index >= 15 is 0 Å². The van der Waals surface area contributed by atoms with Crippen LogP contribution in [0.5, 0.6) is 5.75 Å². The summed E-state index contributed by atoms with van der Waals surface area (Å²) in [4.78, 5) is 22.4. The molecule has 1 aromatic carbocycles. The van der Waals surface area contributed by atoms with Crippen LogP contribution in [0.15, 0.2) is 24.3 Å². The van der Waals surface area contributed by atoms with Crippen LogP contribution in [0, 0.1) is 0 Å². The summed E-state index contributed by atoms with van der Waals surface area (Å²) >= 11 is 0. The molecule has 0 saturated carbocycles. The van der Waals surface area contributed by atoms with Gasteiger partial charge in [-0.15, -0.1) is 0 Å². The molecule has 2 N–H and O–H groups in total. The van der Waals surface area contributed by atoms with Gasteiger partial charge in [0.1, 0.15) is 11.8 Å². The highest BCUT2D eigenvalue weighted by Gasteiger charge is 2.36. The fraction of sp³-hybridized carbons (Fsp3) is 0.385. The van der Waals surface area contributed by atoms with Gasteiger partial charge in [0.25, 0.3) is 0 Å². The van der Waals surface area contributed by atoms with Crippen molar-refractivity contribution in [1.29, 1.82) is 0 Å². The average molecular weight is 305 g/mol. The van der Waals surface area contributed by atoms with Crippen molar-refractivity contribution in [3.8, 4) is 5.75 Å². The number of halogens is 3. The standard InChI is InChI=1S/C13H14F3NO4/c1-21-10-5-3-2-4-8(10)6-11(18)17-9(12(19)20)7-13(14,15)16/h2-5,9H,6-7H2,1H3,(H,17,18)(H,19,20). The molecule has 1 atom stereocenters. The number of carboxylic acids is 1. The number of carboxylic acid groups (broad SMARTS) is 1. The molecule has 0 spiro atoms. The third kappa shape index (κ3) is 5.72. The van der Waals surface area contributed by atoms with Crippen molar-refractivity contribution in [2.75, 3.05) is 7.11 Å². The molecule has 0 aliphatic rings. The second-order valence-electron chi connectivity index (χ2n) is 4.27. The van der Waals surface area contributed by atoms with Crippen molar-refractivity contribution in [1.82, 2.24) is 5.32 Å². The van der Waals surface area contributed by atoms with Crippen molar-refractivity contribution in [2.24, 2.45) is 0 Å². The Morgan fingerprint density at radius 3 is 2.48 bits per heavy atom. The van der Waals surface area contributed by atoms with Crippen molar-refractivity contribution in [2.45, 2.75) is 25.1 Å². The summed E-state index contributed by atoms with van der Waals surface area (Å²) in [6, 6.07) is 4.46. The van der Waals surface area contributed by atoms with Gasteiger partial charge >= 0.3 is 12.1 Å². The summed E-state index contributed by atoms with van der Waals surface area (Å²) in [6.45, 7) is 0. The molecule has 0 saturated heterocycles. The minimum atomic E-state index is -4.68. The molecule has 0 radical (unpaired) electrons. The number of methoxy groups -OCH3 is 1. The Balaban J connectivity index is 2.72. The van der Waals surface area contributed by atoms with E-state index in [9.17, 15) is 22.8 Å². The maximum Gasteiger partial charge on any atom is 0.391 e. The zero-order valence-corrected chi connectivity index (χ0v) is 11.1. The smallest absolute Gasteiger partial charge is 0.391 e. The van der Waals surface area contributed by atoms with E-state index in [0.29, 0.717) is 11.3 Å². The van der Waals surface area contributed by atoms with Gasteiger partial charge in [-0.1, -0.05) is 18.2 Å². The summed E-state index contributed by atoms with van der Waals surface area (Å²) in [6.07, 6.45) is -6.58. The molecule has 8 heteroatoms. The van der Waals surface area contributed by atoms with Crippen LogP contribution in [-0.2, 0) is 16.0 Å². The number of nitrogens with one attached hydrogen (secondary N) is 1. The molecule has 21 heavy (non-hydrogen) atoms. The van der Waals surface area contributed by atoms with Crippen LogP contribution in [0.1, 0.15) is 12.0 Å². The fourth-order valence-electron chi connectivity index (χ4n) is 1.70. The highest BCUT2D eigenvalue weighted by atomic mass is 19.4. The molecule has 5 nitrogen and oxygen atoms in total. The van der Waals surface area contributed by atoms with Crippen LogP contribution in [0.25, 0.3) is 0 Å². The third-order valence-electron chi connectivity index (χ3n) is 2.61. The van der Waals surface area contributed by atoms with Gasteiger partial charge in [-0.05, 0) is 6.07 Å². The van der Waals surface area contributed by atoms with Crippen LogP contribution in [0.2, 0.25) is 0 Å². The molecule has 0 aliphatic heterocycles. The zero-order valence-electron chi connectivity index (χ0n) is 11.1. The van der Waals surface area contributed by atoms with Crippen LogP contribution in [-0.4, -0.2) is 36.3 Å². The van der Waals surface area contributed by atoms with E-state index in [1.54, 1.807) is 24.3 Å². The van der Waals surface area contributed by atoms with Crippen molar-refractivity contribution in [3.63, 3.8) is 0 Å².